The van der Waals surface area contributed by atoms with Crippen LogP contribution in [0, 0.1) is 4.77 Å². The Bertz CT molecular complexity index is 1260. The lowest BCUT2D eigenvalue weighted by Gasteiger charge is -2.11. The van der Waals surface area contributed by atoms with E-state index in [0.29, 0.717) is 0 Å². The van der Waals surface area contributed by atoms with Crippen molar-refractivity contribution in [2.75, 3.05) is 0 Å². The van der Waals surface area contributed by atoms with Gasteiger partial charge in [-0.05, 0) is 37.2 Å². The second-order valence-corrected chi connectivity index (χ2v) is 7.39. The number of nitrogens with zero attached hydrogens (tertiary/aromatic N) is 2. The monoisotopic (exact) mass is 387 g/mol. The smallest absolute Gasteiger partial charge is 0.262 e. The molecule has 2 aromatic carbocycles. The molecular formula is C22H17N3O2S. The zero-order chi connectivity index (χ0) is 19.3. The van der Waals surface area contributed by atoms with Crippen molar-refractivity contribution in [3.8, 4) is 5.88 Å². The summed E-state index contributed by atoms with van der Waals surface area (Å²) in [5.74, 6) is -0.0828. The van der Waals surface area contributed by atoms with Gasteiger partial charge in [-0.3, -0.25) is 14.3 Å². The largest absolute Gasteiger partial charge is 0.494 e. The Hall–Kier alpha value is -3.25. The fourth-order valence-corrected chi connectivity index (χ4v) is 3.90. The van der Waals surface area contributed by atoms with E-state index in [4.69, 9.17) is 17.2 Å². The quantitative estimate of drug-likeness (QED) is 0.644. The van der Waals surface area contributed by atoms with Crippen molar-refractivity contribution in [3.05, 3.63) is 86.4 Å². The van der Waals surface area contributed by atoms with Crippen molar-refractivity contribution < 1.29 is 5.11 Å². The second-order valence-electron chi connectivity index (χ2n) is 7.00. The van der Waals surface area contributed by atoms with Crippen molar-refractivity contribution >= 4 is 35.3 Å². The van der Waals surface area contributed by atoms with Crippen LogP contribution in [0.15, 0.2) is 64.4 Å². The summed E-state index contributed by atoms with van der Waals surface area (Å²) < 4.78 is 1.90. The van der Waals surface area contributed by atoms with Crippen molar-refractivity contribution in [3.63, 3.8) is 0 Å². The highest BCUT2D eigenvalue weighted by atomic mass is 32.1. The molecule has 5 rings (SSSR count). The summed E-state index contributed by atoms with van der Waals surface area (Å²) in [6.07, 6.45) is 3.62. The molecule has 2 N–H and O–H groups in total. The number of aromatic amines is 1. The average molecular weight is 387 g/mol. The fraction of sp³-hybridized carbons (Fsp3) is 0.136. The van der Waals surface area contributed by atoms with Crippen LogP contribution >= 0.6 is 12.2 Å². The van der Waals surface area contributed by atoms with Gasteiger partial charge in [0, 0.05) is 22.7 Å². The minimum Gasteiger partial charge on any atom is -0.494 e. The number of hydrogen-bond acceptors (Lipinski definition) is 4. The van der Waals surface area contributed by atoms with Gasteiger partial charge in [0.1, 0.15) is 5.56 Å². The highest BCUT2D eigenvalue weighted by Gasteiger charge is 2.29. The molecule has 2 aliphatic rings. The molecule has 0 unspecified atom stereocenters. The van der Waals surface area contributed by atoms with E-state index in [9.17, 15) is 9.90 Å². The second kappa shape index (κ2) is 6.42. The molecule has 1 aromatic heterocycles. The number of aliphatic imine (C=N–C) groups is 1. The van der Waals surface area contributed by atoms with Gasteiger partial charge in [0.15, 0.2) is 4.77 Å². The molecule has 1 aliphatic carbocycles. The molecular weight excluding hydrogens is 370 g/mol. The summed E-state index contributed by atoms with van der Waals surface area (Å²) in [6, 6.07) is 17.8. The Morgan fingerprint density at radius 2 is 1.82 bits per heavy atom. The van der Waals surface area contributed by atoms with Crippen LogP contribution < -0.4 is 5.56 Å². The number of allylic oxidation sites excluding steroid dienone is 1. The number of hydrogen-bond donors (Lipinski definition) is 2. The van der Waals surface area contributed by atoms with Gasteiger partial charge in [-0.25, -0.2) is 4.99 Å². The highest BCUT2D eigenvalue weighted by molar-refractivity contribution is 7.71. The molecule has 3 aromatic rings. The molecule has 28 heavy (non-hydrogen) atoms. The first kappa shape index (κ1) is 16.9. The Kier molecular flexibility index (Phi) is 3.87. The van der Waals surface area contributed by atoms with E-state index in [2.05, 4.69) is 4.98 Å². The Morgan fingerprint density at radius 1 is 1.11 bits per heavy atom. The van der Waals surface area contributed by atoms with Gasteiger partial charge in [-0.1, -0.05) is 48.5 Å². The van der Waals surface area contributed by atoms with Crippen molar-refractivity contribution in [1.82, 2.24) is 9.55 Å². The third-order valence-corrected chi connectivity index (χ3v) is 5.38. The number of aromatic nitrogens is 2. The van der Waals surface area contributed by atoms with E-state index < -0.39 is 5.56 Å². The lowest BCUT2D eigenvalue weighted by atomic mass is 9.96. The molecule has 1 fully saturated rings. The number of fused-ring (bicyclic) bond motifs is 1. The maximum atomic E-state index is 12.6. The molecule has 0 atom stereocenters. The standard InChI is InChI=1S/C22H17N3O2S/c26-20-17(21(27)25(14-10-11-14)22(28)24-20)12-16-15-8-4-5-9-18(15)23-19(16)13-6-2-1-3-7-13/h1-9,12,14,27H,10-11H2,(H,24,26,28). The third kappa shape index (κ3) is 2.73. The molecule has 0 bridgehead atoms. The molecule has 0 radical (unpaired) electrons. The van der Waals surface area contributed by atoms with Crippen LogP contribution in [-0.2, 0) is 0 Å². The molecule has 0 amide bonds. The highest BCUT2D eigenvalue weighted by Crippen LogP contribution is 2.41. The first-order chi connectivity index (χ1) is 13.6. The van der Waals surface area contributed by atoms with Crippen LogP contribution in [0.3, 0.4) is 0 Å². The van der Waals surface area contributed by atoms with E-state index in [0.717, 1.165) is 40.9 Å². The topological polar surface area (TPSA) is 70.4 Å². The molecule has 5 nitrogen and oxygen atoms in total. The number of H-pyrrole nitrogens is 1. The molecule has 6 heteroatoms. The lowest BCUT2D eigenvalue weighted by molar-refractivity contribution is 0.404. The van der Waals surface area contributed by atoms with Crippen LogP contribution in [0.1, 0.15) is 35.6 Å². The Morgan fingerprint density at radius 3 is 2.57 bits per heavy atom. The summed E-state index contributed by atoms with van der Waals surface area (Å²) in [6.45, 7) is 0. The minimum atomic E-state index is -0.399. The molecule has 0 saturated heterocycles. The minimum absolute atomic E-state index is 0.0828. The van der Waals surface area contributed by atoms with E-state index in [1.54, 1.807) is 10.6 Å². The SMILES string of the molecule is O=c1[nH]c(=S)n(C2CC2)c(O)c1C=C1C(c2ccccc2)=Nc2ccccc21. The zero-order valence-corrected chi connectivity index (χ0v) is 15.7. The van der Waals surface area contributed by atoms with Gasteiger partial charge in [-0.15, -0.1) is 0 Å². The van der Waals surface area contributed by atoms with Crippen LogP contribution in [0.4, 0.5) is 5.69 Å². The summed E-state index contributed by atoms with van der Waals surface area (Å²) in [5, 5.41) is 10.8. The van der Waals surface area contributed by atoms with E-state index in [-0.39, 0.29) is 22.3 Å². The predicted molar refractivity (Wildman–Crippen MR) is 113 cm³/mol. The van der Waals surface area contributed by atoms with Gasteiger partial charge in [-0.2, -0.15) is 0 Å². The summed E-state index contributed by atoms with van der Waals surface area (Å²) in [4.78, 5) is 20.1. The number of rotatable bonds is 3. The molecule has 138 valence electrons. The Labute approximate surface area is 166 Å². The number of para-hydroxylation sites is 1. The summed E-state index contributed by atoms with van der Waals surface area (Å²) in [5.41, 5.74) is 4.12. The third-order valence-electron chi connectivity index (χ3n) is 5.08. The van der Waals surface area contributed by atoms with Gasteiger partial charge >= 0.3 is 0 Å². The first-order valence-corrected chi connectivity index (χ1v) is 9.57. The van der Waals surface area contributed by atoms with Crippen molar-refractivity contribution in [2.24, 2.45) is 4.99 Å². The lowest BCUT2D eigenvalue weighted by Crippen LogP contribution is -2.16. The number of aromatic hydroxyl groups is 1. The number of benzene rings is 2. The first-order valence-electron chi connectivity index (χ1n) is 9.17. The van der Waals surface area contributed by atoms with E-state index in [1.165, 1.54) is 0 Å². The van der Waals surface area contributed by atoms with Crippen LogP contribution in [0.25, 0.3) is 11.6 Å². The van der Waals surface area contributed by atoms with E-state index >= 15 is 0 Å². The Balaban J connectivity index is 1.74. The predicted octanol–water partition coefficient (Wildman–Crippen LogP) is 4.62. The molecule has 1 aliphatic heterocycles. The van der Waals surface area contributed by atoms with Gasteiger partial charge in [0.05, 0.1) is 11.4 Å². The van der Waals surface area contributed by atoms with Crippen LogP contribution in [0.5, 0.6) is 5.88 Å². The maximum Gasteiger partial charge on any atom is 0.262 e. The van der Waals surface area contributed by atoms with Gasteiger partial charge in [0.2, 0.25) is 5.88 Å². The molecule has 1 saturated carbocycles. The maximum absolute atomic E-state index is 12.6. The average Bonchev–Trinajstić information content (AvgIpc) is 3.46. The number of nitrogens with one attached hydrogen (secondary N) is 1. The summed E-state index contributed by atoms with van der Waals surface area (Å²) >= 11 is 5.25. The van der Waals surface area contributed by atoms with E-state index in [1.807, 2.05) is 54.6 Å². The molecule has 2 heterocycles. The van der Waals surface area contributed by atoms with Crippen LogP contribution in [0.2, 0.25) is 0 Å². The van der Waals surface area contributed by atoms with Crippen molar-refractivity contribution in [1.29, 1.82) is 0 Å². The summed E-state index contributed by atoms with van der Waals surface area (Å²) in [7, 11) is 0. The van der Waals surface area contributed by atoms with Gasteiger partial charge < -0.3 is 5.11 Å². The zero-order valence-electron chi connectivity index (χ0n) is 14.9. The normalized spacial score (nSPS) is 16.9. The van der Waals surface area contributed by atoms with Gasteiger partial charge in [0.25, 0.3) is 5.56 Å². The van der Waals surface area contributed by atoms with Crippen LogP contribution in [-0.4, -0.2) is 20.4 Å². The fourth-order valence-electron chi connectivity index (χ4n) is 3.57. The molecule has 0 spiro atoms. The van der Waals surface area contributed by atoms with Crippen molar-refractivity contribution in [2.45, 2.75) is 18.9 Å².